The number of rotatable bonds is 3. The van der Waals surface area contributed by atoms with Crippen molar-refractivity contribution in [3.05, 3.63) is 34.9 Å². The van der Waals surface area contributed by atoms with Crippen LogP contribution in [0.25, 0.3) is 0 Å². The van der Waals surface area contributed by atoms with E-state index in [1.54, 1.807) is 0 Å². The van der Waals surface area contributed by atoms with Gasteiger partial charge in [-0.1, -0.05) is 29.8 Å². The molecule has 0 heterocycles. The van der Waals surface area contributed by atoms with Crippen LogP contribution in [0.5, 0.6) is 0 Å². The minimum Gasteiger partial charge on any atom is -0.370 e. The molecular formula is C12H16ClN3. The summed E-state index contributed by atoms with van der Waals surface area (Å²) < 4.78 is 0. The highest BCUT2D eigenvalue weighted by atomic mass is 35.5. The minimum absolute atomic E-state index is 0.452. The van der Waals surface area contributed by atoms with E-state index in [0.29, 0.717) is 18.5 Å². The Hall–Kier alpha value is -1.22. The van der Waals surface area contributed by atoms with Crippen molar-refractivity contribution in [1.29, 1.82) is 0 Å². The van der Waals surface area contributed by atoms with Crippen LogP contribution in [-0.4, -0.2) is 23.9 Å². The van der Waals surface area contributed by atoms with Gasteiger partial charge in [0.1, 0.15) is 0 Å². The fourth-order valence-corrected chi connectivity index (χ4v) is 1.65. The maximum atomic E-state index is 6.08. The van der Waals surface area contributed by atoms with Gasteiger partial charge in [-0.3, -0.25) is 0 Å². The van der Waals surface area contributed by atoms with Gasteiger partial charge in [0.25, 0.3) is 0 Å². The molecule has 86 valence electrons. The van der Waals surface area contributed by atoms with Gasteiger partial charge in [-0.05, 0) is 24.5 Å². The molecule has 0 aliphatic heterocycles. The maximum absolute atomic E-state index is 6.08. The Labute approximate surface area is 101 Å². The topological polar surface area (TPSA) is 41.6 Å². The number of halogens is 1. The molecule has 0 atom stereocenters. The molecule has 0 amide bonds. The van der Waals surface area contributed by atoms with Crippen molar-refractivity contribution < 1.29 is 0 Å². The summed E-state index contributed by atoms with van der Waals surface area (Å²) in [5.74, 6) is 0.599. The summed E-state index contributed by atoms with van der Waals surface area (Å²) in [7, 11) is 1.94. The molecule has 16 heavy (non-hydrogen) atoms. The summed E-state index contributed by atoms with van der Waals surface area (Å²) in [6.45, 7) is 0.696. The van der Waals surface area contributed by atoms with Gasteiger partial charge in [0.2, 0.25) is 0 Å². The van der Waals surface area contributed by atoms with Crippen molar-refractivity contribution in [2.24, 2.45) is 10.7 Å². The van der Waals surface area contributed by atoms with Gasteiger partial charge in [0, 0.05) is 18.6 Å². The zero-order chi connectivity index (χ0) is 11.5. The molecule has 0 unspecified atom stereocenters. The molecule has 2 rings (SSSR count). The molecule has 1 aliphatic carbocycles. The Balaban J connectivity index is 2.01. The predicted molar refractivity (Wildman–Crippen MR) is 67.6 cm³/mol. The average molecular weight is 238 g/mol. The molecule has 1 aromatic carbocycles. The number of hydrogen-bond donors (Lipinski definition) is 1. The summed E-state index contributed by atoms with van der Waals surface area (Å²) in [6, 6.07) is 8.24. The fraction of sp³-hybridized carbons (Fsp3) is 0.417. The van der Waals surface area contributed by atoms with E-state index in [1.807, 2.05) is 36.2 Å². The molecule has 1 saturated carbocycles. The normalized spacial score (nSPS) is 16.2. The second-order valence-electron chi connectivity index (χ2n) is 4.17. The Morgan fingerprint density at radius 2 is 2.19 bits per heavy atom. The first-order valence-corrected chi connectivity index (χ1v) is 5.82. The number of guanidine groups is 1. The summed E-state index contributed by atoms with van der Waals surface area (Å²) in [6.07, 6.45) is 2.33. The van der Waals surface area contributed by atoms with E-state index in [9.17, 15) is 0 Å². The zero-order valence-electron chi connectivity index (χ0n) is 9.36. The molecule has 1 aliphatic rings. The van der Waals surface area contributed by atoms with E-state index in [4.69, 9.17) is 17.3 Å². The molecule has 4 heteroatoms. The van der Waals surface area contributed by atoms with E-state index in [1.165, 1.54) is 12.8 Å². The minimum atomic E-state index is 0.452. The third-order valence-electron chi connectivity index (χ3n) is 2.62. The lowest BCUT2D eigenvalue weighted by atomic mass is 10.2. The van der Waals surface area contributed by atoms with Crippen molar-refractivity contribution in [2.75, 3.05) is 7.05 Å². The lowest BCUT2D eigenvalue weighted by molar-refractivity contribution is 0.492. The molecule has 0 radical (unpaired) electrons. The van der Waals surface area contributed by atoms with Crippen molar-refractivity contribution in [2.45, 2.75) is 25.4 Å². The van der Waals surface area contributed by atoms with E-state index < -0.39 is 0 Å². The van der Waals surface area contributed by atoms with Crippen LogP contribution in [0.4, 0.5) is 0 Å². The molecule has 2 N–H and O–H groups in total. The van der Waals surface area contributed by atoms with Gasteiger partial charge in [-0.2, -0.15) is 0 Å². The number of nitrogens with two attached hydrogens (primary N) is 1. The van der Waals surface area contributed by atoms with Crippen LogP contribution in [-0.2, 0) is 6.54 Å². The van der Waals surface area contributed by atoms with E-state index >= 15 is 0 Å². The fourth-order valence-electron chi connectivity index (χ4n) is 1.45. The van der Waals surface area contributed by atoms with Crippen LogP contribution < -0.4 is 5.73 Å². The smallest absolute Gasteiger partial charge is 0.191 e. The van der Waals surface area contributed by atoms with Gasteiger partial charge < -0.3 is 10.6 Å². The molecular weight excluding hydrogens is 222 g/mol. The van der Waals surface area contributed by atoms with Gasteiger partial charge in [-0.25, -0.2) is 4.99 Å². The highest BCUT2D eigenvalue weighted by Gasteiger charge is 2.21. The first-order valence-electron chi connectivity index (χ1n) is 5.44. The van der Waals surface area contributed by atoms with Gasteiger partial charge in [-0.15, -0.1) is 0 Å². The summed E-state index contributed by atoms with van der Waals surface area (Å²) in [4.78, 5) is 6.32. The van der Waals surface area contributed by atoms with Crippen molar-refractivity contribution in [3.63, 3.8) is 0 Å². The molecule has 1 fully saturated rings. The molecule has 0 spiro atoms. The third-order valence-corrected chi connectivity index (χ3v) is 2.99. The number of nitrogens with zero attached hydrogens (tertiary/aromatic N) is 2. The predicted octanol–water partition coefficient (Wildman–Crippen LogP) is 2.25. The van der Waals surface area contributed by atoms with E-state index in [0.717, 1.165) is 10.6 Å². The van der Waals surface area contributed by atoms with Crippen LogP contribution in [0.3, 0.4) is 0 Å². The second kappa shape index (κ2) is 4.74. The van der Waals surface area contributed by atoms with Gasteiger partial charge in [0.15, 0.2) is 5.96 Å². The van der Waals surface area contributed by atoms with Crippen LogP contribution in [0, 0.1) is 0 Å². The first kappa shape index (κ1) is 11.3. The van der Waals surface area contributed by atoms with Gasteiger partial charge >= 0.3 is 0 Å². The highest BCUT2D eigenvalue weighted by molar-refractivity contribution is 6.31. The van der Waals surface area contributed by atoms with Gasteiger partial charge in [0.05, 0.1) is 6.04 Å². The number of hydrogen-bond acceptors (Lipinski definition) is 1. The number of benzene rings is 1. The number of aliphatic imine (C=N–C) groups is 1. The van der Waals surface area contributed by atoms with Crippen molar-refractivity contribution in [1.82, 2.24) is 4.90 Å². The molecule has 0 aromatic heterocycles. The molecule has 0 bridgehead atoms. The Bertz CT molecular complexity index is 399. The van der Waals surface area contributed by atoms with Crippen LogP contribution in [0.2, 0.25) is 5.02 Å². The largest absolute Gasteiger partial charge is 0.370 e. The molecule has 3 nitrogen and oxygen atoms in total. The quantitative estimate of drug-likeness (QED) is 0.647. The monoisotopic (exact) mass is 237 g/mol. The SMILES string of the molecule is CN(Cc1ccccc1Cl)C(N)=NC1CC1. The third kappa shape index (κ3) is 2.89. The zero-order valence-corrected chi connectivity index (χ0v) is 10.1. The molecule has 1 aromatic rings. The lowest BCUT2D eigenvalue weighted by Crippen LogP contribution is -2.33. The summed E-state index contributed by atoms with van der Waals surface area (Å²) in [5, 5.41) is 0.772. The highest BCUT2D eigenvalue weighted by Crippen LogP contribution is 2.23. The second-order valence-corrected chi connectivity index (χ2v) is 4.57. The molecule has 0 saturated heterocycles. The van der Waals surface area contributed by atoms with Crippen LogP contribution >= 0.6 is 11.6 Å². The summed E-state index contributed by atoms with van der Waals surface area (Å²) >= 11 is 6.08. The average Bonchev–Trinajstić information content (AvgIpc) is 3.05. The van der Waals surface area contributed by atoms with E-state index in [-0.39, 0.29) is 0 Å². The Morgan fingerprint density at radius 1 is 1.50 bits per heavy atom. The Morgan fingerprint density at radius 3 is 2.81 bits per heavy atom. The lowest BCUT2D eigenvalue weighted by Gasteiger charge is -2.18. The first-order chi connectivity index (χ1) is 7.66. The van der Waals surface area contributed by atoms with Crippen molar-refractivity contribution in [3.8, 4) is 0 Å². The van der Waals surface area contributed by atoms with E-state index in [2.05, 4.69) is 4.99 Å². The maximum Gasteiger partial charge on any atom is 0.191 e. The van der Waals surface area contributed by atoms with Crippen LogP contribution in [0.15, 0.2) is 29.3 Å². The van der Waals surface area contributed by atoms with Crippen LogP contribution in [0.1, 0.15) is 18.4 Å². The summed E-state index contributed by atoms with van der Waals surface area (Å²) in [5.41, 5.74) is 6.96. The van der Waals surface area contributed by atoms with Crippen molar-refractivity contribution >= 4 is 17.6 Å². The standard InChI is InChI=1S/C12H16ClN3/c1-16(12(14)15-10-6-7-10)8-9-4-2-3-5-11(9)13/h2-5,10H,6-8H2,1H3,(H2,14,15). The Kier molecular flexibility index (Phi) is 3.34.